The number of amides is 2. The van der Waals surface area contributed by atoms with E-state index in [1.54, 1.807) is 24.3 Å². The maximum atomic E-state index is 11.9. The van der Waals surface area contributed by atoms with Crippen LogP contribution < -0.4 is 10.6 Å². The van der Waals surface area contributed by atoms with Gasteiger partial charge >= 0.3 is 5.97 Å². The zero-order chi connectivity index (χ0) is 20.6. The first-order chi connectivity index (χ1) is 14.0. The average Bonchev–Trinajstić information content (AvgIpc) is 3.11. The number of carbonyl (C=O) groups is 3. The molecule has 0 aliphatic heterocycles. The third kappa shape index (κ3) is 5.93. The van der Waals surface area contributed by atoms with Crippen LogP contribution in [0.15, 0.2) is 54.7 Å². The number of anilines is 1. The molecule has 0 saturated carbocycles. The van der Waals surface area contributed by atoms with E-state index in [9.17, 15) is 14.4 Å². The molecule has 0 aliphatic carbocycles. The van der Waals surface area contributed by atoms with Gasteiger partial charge in [-0.3, -0.25) is 14.4 Å². The molecule has 1 heterocycles. The molecule has 3 N–H and O–H groups in total. The van der Waals surface area contributed by atoms with E-state index in [0.717, 1.165) is 22.0 Å². The minimum atomic E-state index is -0.482. The molecule has 0 radical (unpaired) electrons. The fraction of sp³-hybridized carbons (Fsp3) is 0.227. The number of aromatic nitrogens is 1. The molecular weight excluding hydrogens is 370 g/mol. The lowest BCUT2D eigenvalue weighted by atomic mass is 10.1. The van der Waals surface area contributed by atoms with Crippen LogP contribution in [0, 0.1) is 0 Å². The molecule has 0 spiro atoms. The maximum Gasteiger partial charge on any atom is 0.310 e. The van der Waals surface area contributed by atoms with Crippen molar-refractivity contribution in [2.45, 2.75) is 19.8 Å². The van der Waals surface area contributed by atoms with Gasteiger partial charge in [-0.2, -0.15) is 0 Å². The number of rotatable bonds is 8. The van der Waals surface area contributed by atoms with Gasteiger partial charge in [0.25, 0.3) is 5.91 Å². The Morgan fingerprint density at radius 2 is 1.79 bits per heavy atom. The van der Waals surface area contributed by atoms with Gasteiger partial charge in [-0.15, -0.1) is 0 Å². The van der Waals surface area contributed by atoms with Crippen LogP contribution in [0.5, 0.6) is 0 Å². The van der Waals surface area contributed by atoms with Crippen LogP contribution >= 0.6 is 0 Å². The lowest BCUT2D eigenvalue weighted by Gasteiger charge is -2.07. The predicted octanol–water partition coefficient (Wildman–Crippen LogP) is 2.57. The first kappa shape index (κ1) is 20.1. The summed E-state index contributed by atoms with van der Waals surface area (Å²) in [5.41, 5.74) is 3.58. The normalized spacial score (nSPS) is 10.5. The van der Waals surface area contributed by atoms with Gasteiger partial charge in [0, 0.05) is 36.3 Å². The van der Waals surface area contributed by atoms with Gasteiger partial charge in [-0.05, 0) is 35.7 Å². The van der Waals surface area contributed by atoms with Crippen LogP contribution in [0.25, 0.3) is 10.9 Å². The van der Waals surface area contributed by atoms with Crippen molar-refractivity contribution < 1.29 is 19.1 Å². The van der Waals surface area contributed by atoms with Gasteiger partial charge in [0.2, 0.25) is 5.91 Å². The Bertz CT molecular complexity index is 1010. The van der Waals surface area contributed by atoms with E-state index in [4.69, 9.17) is 4.74 Å². The zero-order valence-electron chi connectivity index (χ0n) is 16.2. The van der Waals surface area contributed by atoms with E-state index in [-0.39, 0.29) is 24.8 Å². The van der Waals surface area contributed by atoms with E-state index in [1.165, 1.54) is 6.92 Å². The summed E-state index contributed by atoms with van der Waals surface area (Å²) in [4.78, 5) is 38.0. The molecule has 0 bridgehead atoms. The molecule has 1 aromatic heterocycles. The van der Waals surface area contributed by atoms with Crippen molar-refractivity contribution in [2.24, 2.45) is 0 Å². The van der Waals surface area contributed by atoms with Crippen molar-refractivity contribution in [3.63, 3.8) is 0 Å². The van der Waals surface area contributed by atoms with Crippen LogP contribution in [0.2, 0.25) is 0 Å². The number of hydrogen-bond donors (Lipinski definition) is 3. The number of hydrogen-bond acceptors (Lipinski definition) is 4. The smallest absolute Gasteiger partial charge is 0.310 e. The Kier molecular flexibility index (Phi) is 6.63. The quantitative estimate of drug-likeness (QED) is 0.512. The molecule has 3 rings (SSSR count). The van der Waals surface area contributed by atoms with E-state index in [2.05, 4.69) is 15.6 Å². The lowest BCUT2D eigenvalue weighted by molar-refractivity contribution is -0.147. The highest BCUT2D eigenvalue weighted by atomic mass is 16.5. The molecule has 3 aromatic rings. The van der Waals surface area contributed by atoms with E-state index in [1.807, 2.05) is 30.5 Å². The Balaban J connectivity index is 1.37. The molecule has 0 saturated heterocycles. The number of aromatic amines is 1. The van der Waals surface area contributed by atoms with E-state index in [0.29, 0.717) is 18.7 Å². The second kappa shape index (κ2) is 9.54. The number of benzene rings is 2. The summed E-state index contributed by atoms with van der Waals surface area (Å²) in [6.07, 6.45) is 2.68. The largest absolute Gasteiger partial charge is 0.455 e. The average molecular weight is 393 g/mol. The van der Waals surface area contributed by atoms with Gasteiger partial charge in [0.1, 0.15) is 0 Å². The van der Waals surface area contributed by atoms with Crippen LogP contribution in [-0.2, 0) is 32.0 Å². The third-order valence-electron chi connectivity index (χ3n) is 4.38. The summed E-state index contributed by atoms with van der Waals surface area (Å²) in [6.45, 7) is 1.58. The molecule has 29 heavy (non-hydrogen) atoms. The number of nitrogens with one attached hydrogen (secondary N) is 3. The summed E-state index contributed by atoms with van der Waals surface area (Å²) < 4.78 is 5.03. The van der Waals surface area contributed by atoms with Crippen molar-refractivity contribution in [1.29, 1.82) is 0 Å². The highest BCUT2D eigenvalue weighted by Gasteiger charge is 2.09. The summed E-state index contributed by atoms with van der Waals surface area (Å²) in [5, 5.41) is 6.55. The molecule has 7 heteroatoms. The predicted molar refractivity (Wildman–Crippen MR) is 110 cm³/mol. The third-order valence-corrected chi connectivity index (χ3v) is 4.38. The molecule has 2 aromatic carbocycles. The first-order valence-electron chi connectivity index (χ1n) is 9.35. The van der Waals surface area contributed by atoms with Crippen molar-refractivity contribution >= 4 is 34.4 Å². The molecule has 7 nitrogen and oxygen atoms in total. The molecular formula is C22H23N3O4. The minimum Gasteiger partial charge on any atom is -0.455 e. The fourth-order valence-corrected chi connectivity index (χ4v) is 3.00. The minimum absolute atomic E-state index is 0.0585. The van der Waals surface area contributed by atoms with Gasteiger partial charge in [0.15, 0.2) is 6.61 Å². The molecule has 0 fully saturated rings. The standard InChI is InChI=1S/C22H23N3O4/c1-15(26)25-18-8-6-16(7-9-18)12-22(28)29-14-21(27)23-11-10-17-13-24-20-5-3-2-4-19(17)20/h2-9,13,24H,10-12,14H2,1H3,(H,23,27)(H,25,26). The van der Waals surface area contributed by atoms with Crippen LogP contribution in [0.1, 0.15) is 18.1 Å². The molecule has 0 aliphatic rings. The Hall–Kier alpha value is -3.61. The summed E-state index contributed by atoms with van der Waals surface area (Å²) in [6, 6.07) is 14.9. The van der Waals surface area contributed by atoms with Crippen molar-refractivity contribution in [2.75, 3.05) is 18.5 Å². The number of H-pyrrole nitrogens is 1. The van der Waals surface area contributed by atoms with Gasteiger partial charge < -0.3 is 20.4 Å². The fourth-order valence-electron chi connectivity index (χ4n) is 3.00. The zero-order valence-corrected chi connectivity index (χ0v) is 16.2. The van der Waals surface area contributed by atoms with E-state index >= 15 is 0 Å². The molecule has 2 amide bonds. The van der Waals surface area contributed by atoms with Crippen LogP contribution in [0.4, 0.5) is 5.69 Å². The highest BCUT2D eigenvalue weighted by Crippen LogP contribution is 2.17. The number of carbonyl (C=O) groups excluding carboxylic acids is 3. The molecule has 150 valence electrons. The van der Waals surface area contributed by atoms with Gasteiger partial charge in [-0.25, -0.2) is 0 Å². The van der Waals surface area contributed by atoms with Crippen LogP contribution in [-0.4, -0.2) is 35.9 Å². The second-order valence-electron chi connectivity index (χ2n) is 6.68. The number of ether oxygens (including phenoxy) is 1. The lowest BCUT2D eigenvalue weighted by Crippen LogP contribution is -2.30. The van der Waals surface area contributed by atoms with E-state index < -0.39 is 5.97 Å². The molecule has 0 atom stereocenters. The number of para-hydroxylation sites is 1. The van der Waals surface area contributed by atoms with Gasteiger partial charge in [-0.1, -0.05) is 30.3 Å². The number of esters is 1. The first-order valence-corrected chi connectivity index (χ1v) is 9.35. The van der Waals surface area contributed by atoms with Gasteiger partial charge in [0.05, 0.1) is 6.42 Å². The van der Waals surface area contributed by atoms with Crippen molar-refractivity contribution in [3.05, 3.63) is 65.9 Å². The summed E-state index contributed by atoms with van der Waals surface area (Å²) in [5.74, 6) is -0.976. The van der Waals surface area contributed by atoms with Crippen molar-refractivity contribution in [1.82, 2.24) is 10.3 Å². The summed E-state index contributed by atoms with van der Waals surface area (Å²) >= 11 is 0. The Morgan fingerprint density at radius 1 is 1.03 bits per heavy atom. The number of fused-ring (bicyclic) bond motifs is 1. The van der Waals surface area contributed by atoms with Crippen LogP contribution in [0.3, 0.4) is 0 Å². The Labute approximate surface area is 168 Å². The monoisotopic (exact) mass is 393 g/mol. The highest BCUT2D eigenvalue weighted by molar-refractivity contribution is 5.88. The SMILES string of the molecule is CC(=O)Nc1ccc(CC(=O)OCC(=O)NCCc2c[nH]c3ccccc23)cc1. The topological polar surface area (TPSA) is 100 Å². The Morgan fingerprint density at radius 3 is 2.55 bits per heavy atom. The second-order valence-corrected chi connectivity index (χ2v) is 6.68. The maximum absolute atomic E-state index is 11.9. The summed E-state index contributed by atoms with van der Waals surface area (Å²) in [7, 11) is 0. The molecule has 0 unspecified atom stereocenters. The van der Waals surface area contributed by atoms with Crippen molar-refractivity contribution in [3.8, 4) is 0 Å².